The molecule has 0 aromatic carbocycles. The summed E-state index contributed by atoms with van der Waals surface area (Å²) in [6.45, 7) is 12.0. The van der Waals surface area contributed by atoms with Gasteiger partial charge in [-0.2, -0.15) is 0 Å². The van der Waals surface area contributed by atoms with Crippen molar-refractivity contribution in [1.82, 2.24) is 0 Å². The second kappa shape index (κ2) is 4.86. The average molecular weight is 211 g/mol. The molecule has 0 aliphatic heterocycles. The van der Waals surface area contributed by atoms with Gasteiger partial charge in [-0.25, -0.2) is 0 Å². The van der Waals surface area contributed by atoms with Crippen molar-refractivity contribution in [2.75, 3.05) is 0 Å². The summed E-state index contributed by atoms with van der Waals surface area (Å²) >= 11 is 0. The molecule has 2 N–H and O–H groups in total. The standard InChI is InChI=1S/C14H29N/c1-6-10(2)11(3)13-9-12(15)7-8-14(13,4)5/h10-13H,6-9,15H2,1-5H3/t10-,11-,12?,13?/m0/s1. The van der Waals surface area contributed by atoms with Crippen molar-refractivity contribution in [2.45, 2.75) is 66.3 Å². The highest BCUT2D eigenvalue weighted by Crippen LogP contribution is 2.46. The van der Waals surface area contributed by atoms with E-state index in [2.05, 4.69) is 34.6 Å². The Kier molecular flexibility index (Phi) is 4.22. The average Bonchev–Trinajstić information content (AvgIpc) is 2.19. The molecule has 0 saturated heterocycles. The van der Waals surface area contributed by atoms with Crippen molar-refractivity contribution >= 4 is 0 Å². The molecule has 0 spiro atoms. The van der Waals surface area contributed by atoms with Crippen LogP contribution >= 0.6 is 0 Å². The lowest BCUT2D eigenvalue weighted by Crippen LogP contribution is -2.42. The molecule has 15 heavy (non-hydrogen) atoms. The first-order valence-corrected chi connectivity index (χ1v) is 6.64. The van der Waals surface area contributed by atoms with E-state index in [1.807, 2.05) is 0 Å². The van der Waals surface area contributed by atoms with Crippen LogP contribution in [0.4, 0.5) is 0 Å². The van der Waals surface area contributed by atoms with Crippen LogP contribution in [0.2, 0.25) is 0 Å². The molecule has 0 heterocycles. The zero-order chi connectivity index (χ0) is 11.6. The molecule has 0 radical (unpaired) electrons. The SMILES string of the molecule is CC[C@H](C)[C@H](C)C1CC(N)CCC1(C)C. The first-order chi connectivity index (χ1) is 6.88. The maximum absolute atomic E-state index is 6.13. The van der Waals surface area contributed by atoms with Crippen molar-refractivity contribution in [3.63, 3.8) is 0 Å². The Morgan fingerprint density at radius 1 is 1.33 bits per heavy atom. The van der Waals surface area contributed by atoms with Crippen LogP contribution in [-0.2, 0) is 0 Å². The highest BCUT2D eigenvalue weighted by Gasteiger charge is 2.39. The molecular formula is C14H29N. The summed E-state index contributed by atoms with van der Waals surface area (Å²) in [4.78, 5) is 0. The van der Waals surface area contributed by atoms with Crippen molar-refractivity contribution in [1.29, 1.82) is 0 Å². The molecule has 0 amide bonds. The van der Waals surface area contributed by atoms with Crippen molar-refractivity contribution in [3.05, 3.63) is 0 Å². The van der Waals surface area contributed by atoms with Crippen LogP contribution in [0.5, 0.6) is 0 Å². The Morgan fingerprint density at radius 2 is 1.93 bits per heavy atom. The number of hydrogen-bond acceptors (Lipinski definition) is 1. The molecular weight excluding hydrogens is 182 g/mol. The van der Waals surface area contributed by atoms with E-state index in [-0.39, 0.29) is 0 Å². The number of rotatable bonds is 3. The molecule has 1 aliphatic carbocycles. The molecule has 90 valence electrons. The molecule has 0 aromatic heterocycles. The summed E-state index contributed by atoms with van der Waals surface area (Å²) in [5, 5.41) is 0. The largest absolute Gasteiger partial charge is 0.328 e. The van der Waals surface area contributed by atoms with Gasteiger partial charge in [0, 0.05) is 6.04 Å². The summed E-state index contributed by atoms with van der Waals surface area (Å²) in [6, 6.07) is 0.453. The third-order valence-electron chi connectivity index (χ3n) is 4.90. The van der Waals surface area contributed by atoms with Gasteiger partial charge in [0.1, 0.15) is 0 Å². The fraction of sp³-hybridized carbons (Fsp3) is 1.00. The van der Waals surface area contributed by atoms with E-state index in [4.69, 9.17) is 5.73 Å². The van der Waals surface area contributed by atoms with Crippen LogP contribution in [0, 0.1) is 23.2 Å². The van der Waals surface area contributed by atoms with Crippen LogP contribution in [0.3, 0.4) is 0 Å². The lowest BCUT2D eigenvalue weighted by atomic mass is 9.61. The molecule has 1 fully saturated rings. The zero-order valence-electron chi connectivity index (χ0n) is 11.2. The van der Waals surface area contributed by atoms with Gasteiger partial charge in [-0.05, 0) is 42.4 Å². The molecule has 1 rings (SSSR count). The first kappa shape index (κ1) is 13.0. The lowest BCUT2D eigenvalue weighted by Gasteiger charge is -2.46. The fourth-order valence-corrected chi connectivity index (χ4v) is 3.20. The van der Waals surface area contributed by atoms with Gasteiger partial charge in [-0.3, -0.25) is 0 Å². The van der Waals surface area contributed by atoms with Gasteiger partial charge in [-0.15, -0.1) is 0 Å². The van der Waals surface area contributed by atoms with E-state index in [9.17, 15) is 0 Å². The molecule has 0 bridgehead atoms. The Morgan fingerprint density at radius 3 is 2.47 bits per heavy atom. The van der Waals surface area contributed by atoms with Crippen molar-refractivity contribution < 1.29 is 0 Å². The summed E-state index contributed by atoms with van der Waals surface area (Å²) in [6.07, 6.45) is 5.05. The third-order valence-corrected chi connectivity index (χ3v) is 4.90. The minimum atomic E-state index is 0.453. The fourth-order valence-electron chi connectivity index (χ4n) is 3.20. The van der Waals surface area contributed by atoms with Crippen LogP contribution in [0.15, 0.2) is 0 Å². The van der Waals surface area contributed by atoms with Crippen LogP contribution < -0.4 is 5.73 Å². The highest BCUT2D eigenvalue weighted by atomic mass is 14.7. The minimum absolute atomic E-state index is 0.453. The van der Waals surface area contributed by atoms with Gasteiger partial charge >= 0.3 is 0 Å². The van der Waals surface area contributed by atoms with E-state index in [0.29, 0.717) is 11.5 Å². The van der Waals surface area contributed by atoms with Gasteiger partial charge in [0.15, 0.2) is 0 Å². The zero-order valence-corrected chi connectivity index (χ0v) is 11.2. The van der Waals surface area contributed by atoms with E-state index < -0.39 is 0 Å². The van der Waals surface area contributed by atoms with Gasteiger partial charge in [0.2, 0.25) is 0 Å². The van der Waals surface area contributed by atoms with Gasteiger partial charge in [0.25, 0.3) is 0 Å². The topological polar surface area (TPSA) is 26.0 Å². The van der Waals surface area contributed by atoms with Gasteiger partial charge in [0.05, 0.1) is 0 Å². The molecule has 0 aromatic rings. The second-order valence-corrected chi connectivity index (χ2v) is 6.37. The quantitative estimate of drug-likeness (QED) is 0.754. The normalized spacial score (nSPS) is 34.8. The van der Waals surface area contributed by atoms with Crippen molar-refractivity contribution in [2.24, 2.45) is 28.9 Å². The Balaban J connectivity index is 2.71. The summed E-state index contributed by atoms with van der Waals surface area (Å²) < 4.78 is 0. The van der Waals surface area contributed by atoms with E-state index in [1.165, 1.54) is 25.7 Å². The van der Waals surface area contributed by atoms with Crippen molar-refractivity contribution in [3.8, 4) is 0 Å². The van der Waals surface area contributed by atoms with Gasteiger partial charge < -0.3 is 5.73 Å². The molecule has 1 nitrogen and oxygen atoms in total. The monoisotopic (exact) mass is 211 g/mol. The van der Waals surface area contributed by atoms with E-state index >= 15 is 0 Å². The van der Waals surface area contributed by atoms with Crippen LogP contribution in [0.1, 0.15) is 60.3 Å². The van der Waals surface area contributed by atoms with Crippen LogP contribution in [0.25, 0.3) is 0 Å². The summed E-state index contributed by atoms with van der Waals surface area (Å²) in [5.41, 5.74) is 6.62. The molecule has 1 saturated carbocycles. The Bertz CT molecular complexity index is 198. The first-order valence-electron chi connectivity index (χ1n) is 6.64. The molecule has 4 atom stereocenters. The predicted octanol–water partition coefficient (Wildman–Crippen LogP) is 3.82. The Hall–Kier alpha value is -0.0400. The van der Waals surface area contributed by atoms with Crippen LogP contribution in [-0.4, -0.2) is 6.04 Å². The minimum Gasteiger partial charge on any atom is -0.328 e. The molecule has 2 unspecified atom stereocenters. The summed E-state index contributed by atoms with van der Waals surface area (Å²) in [7, 11) is 0. The van der Waals surface area contributed by atoms with E-state index in [1.54, 1.807) is 0 Å². The smallest absolute Gasteiger partial charge is 0.00419 e. The summed E-state index contributed by atoms with van der Waals surface area (Å²) in [5.74, 6) is 2.46. The highest BCUT2D eigenvalue weighted by molar-refractivity contribution is 4.91. The maximum atomic E-state index is 6.13. The Labute approximate surface area is 95.8 Å². The molecule has 1 aliphatic rings. The second-order valence-electron chi connectivity index (χ2n) is 6.37. The predicted molar refractivity (Wildman–Crippen MR) is 67.7 cm³/mol. The molecule has 1 heteroatoms. The number of nitrogens with two attached hydrogens (primary N) is 1. The number of hydrogen-bond donors (Lipinski definition) is 1. The third kappa shape index (κ3) is 2.96. The van der Waals surface area contributed by atoms with E-state index in [0.717, 1.165) is 17.8 Å². The maximum Gasteiger partial charge on any atom is 0.00419 e. The van der Waals surface area contributed by atoms with Gasteiger partial charge in [-0.1, -0.05) is 41.0 Å². The lowest BCUT2D eigenvalue weighted by molar-refractivity contribution is 0.0536.